The molecule has 0 N–H and O–H groups in total. The van der Waals surface area contributed by atoms with Gasteiger partial charge in [0.25, 0.3) is 0 Å². The number of carbonyl (C=O) groups excluding carboxylic acids is 1. The van der Waals surface area contributed by atoms with Crippen LogP contribution in [-0.4, -0.2) is 12.4 Å². The quantitative estimate of drug-likeness (QED) is 0.281. The summed E-state index contributed by atoms with van der Waals surface area (Å²) in [6.07, 6.45) is 0. The number of hydrogen-bond acceptors (Lipinski definition) is 4. The fraction of sp³-hybridized carbons (Fsp3) is 0.0435. The van der Waals surface area contributed by atoms with Crippen LogP contribution in [0.25, 0.3) is 22.3 Å². The first-order valence-corrected chi connectivity index (χ1v) is 10.4. The monoisotopic (exact) mass is 502 g/mol. The molecule has 0 spiro atoms. The van der Waals surface area contributed by atoms with E-state index in [0.717, 1.165) is 4.47 Å². The third kappa shape index (κ3) is 4.29. The third-order valence-electron chi connectivity index (χ3n) is 4.43. The third-order valence-corrected chi connectivity index (χ3v) is 5.45. The molecule has 0 unspecified atom stereocenters. The van der Waals surface area contributed by atoms with Crippen molar-refractivity contribution in [1.82, 2.24) is 0 Å². The van der Waals surface area contributed by atoms with Crippen molar-refractivity contribution in [1.29, 1.82) is 0 Å². The van der Waals surface area contributed by atoms with Crippen LogP contribution < -0.4 is 10.2 Å². The van der Waals surface area contributed by atoms with Crippen LogP contribution in [0.2, 0.25) is 10.0 Å². The lowest BCUT2D eigenvalue weighted by atomic mass is 10.1. The summed E-state index contributed by atoms with van der Waals surface area (Å²) in [5.41, 5.74) is 1.02. The Bertz CT molecular complexity index is 1300. The maximum absolute atomic E-state index is 13.1. The van der Waals surface area contributed by atoms with Crippen molar-refractivity contribution in [2.45, 2.75) is 0 Å². The summed E-state index contributed by atoms with van der Waals surface area (Å²) in [4.78, 5) is 25.7. The Kier molecular flexibility index (Phi) is 5.95. The lowest BCUT2D eigenvalue weighted by Gasteiger charge is -2.12. The average molecular weight is 504 g/mol. The van der Waals surface area contributed by atoms with Gasteiger partial charge in [0.15, 0.2) is 18.2 Å². The molecule has 30 heavy (non-hydrogen) atoms. The number of benzene rings is 3. The summed E-state index contributed by atoms with van der Waals surface area (Å²) in [6.45, 7) is -0.320. The molecule has 0 aliphatic heterocycles. The van der Waals surface area contributed by atoms with Crippen LogP contribution in [0.3, 0.4) is 0 Å². The summed E-state index contributed by atoms with van der Waals surface area (Å²) in [5, 5.41) is 1.21. The van der Waals surface area contributed by atoms with Crippen molar-refractivity contribution >= 4 is 55.9 Å². The summed E-state index contributed by atoms with van der Waals surface area (Å²) in [6, 6.07) is 18.4. The Labute approximate surface area is 190 Å². The maximum Gasteiger partial charge on any atom is 0.235 e. The van der Waals surface area contributed by atoms with Gasteiger partial charge in [-0.3, -0.25) is 9.59 Å². The number of Topliss-reactive ketones (excluding diaryl/α,β-unsaturated/α-hetero) is 1. The first kappa shape index (κ1) is 20.7. The van der Waals surface area contributed by atoms with E-state index in [4.69, 9.17) is 32.4 Å². The van der Waals surface area contributed by atoms with Crippen molar-refractivity contribution in [2.24, 2.45) is 0 Å². The van der Waals surface area contributed by atoms with Gasteiger partial charge in [0.1, 0.15) is 5.58 Å². The molecule has 0 saturated heterocycles. The Hall–Kier alpha value is -2.60. The van der Waals surface area contributed by atoms with Gasteiger partial charge in [0, 0.05) is 25.6 Å². The Morgan fingerprint density at radius 3 is 2.30 bits per heavy atom. The number of ketones is 1. The molecule has 0 radical (unpaired) electrons. The fourth-order valence-electron chi connectivity index (χ4n) is 2.93. The van der Waals surface area contributed by atoms with Gasteiger partial charge in [-0.2, -0.15) is 0 Å². The van der Waals surface area contributed by atoms with E-state index in [1.807, 2.05) is 0 Å². The molecular formula is C23H13BrCl2O4. The van der Waals surface area contributed by atoms with Gasteiger partial charge in [-0.1, -0.05) is 51.3 Å². The molecular weight excluding hydrogens is 491 g/mol. The highest BCUT2D eigenvalue weighted by Gasteiger charge is 2.19. The minimum Gasteiger partial charge on any atom is -0.478 e. The largest absolute Gasteiger partial charge is 0.478 e. The summed E-state index contributed by atoms with van der Waals surface area (Å²) in [7, 11) is 0. The molecule has 150 valence electrons. The maximum atomic E-state index is 13.1. The molecule has 0 atom stereocenters. The SMILES string of the molecule is O=C(COc1c(-c2ccc(Cl)cc2)oc2ccc(Cl)cc2c1=O)c1ccc(Br)cc1. The highest BCUT2D eigenvalue weighted by molar-refractivity contribution is 9.10. The summed E-state index contributed by atoms with van der Waals surface area (Å²) in [5.74, 6) is -0.109. The molecule has 4 rings (SSSR count). The molecule has 4 aromatic rings. The molecule has 0 amide bonds. The minimum absolute atomic E-state index is 0.0578. The average Bonchev–Trinajstić information content (AvgIpc) is 2.74. The molecule has 4 nitrogen and oxygen atoms in total. The predicted octanol–water partition coefficient (Wildman–Crippen LogP) is 6.79. The number of halogens is 3. The van der Waals surface area contributed by atoms with Gasteiger partial charge in [-0.05, 0) is 54.6 Å². The first-order valence-electron chi connectivity index (χ1n) is 8.86. The second kappa shape index (κ2) is 8.64. The molecule has 0 aliphatic carbocycles. The Morgan fingerprint density at radius 2 is 1.60 bits per heavy atom. The Balaban J connectivity index is 1.77. The van der Waals surface area contributed by atoms with E-state index in [1.54, 1.807) is 60.7 Å². The topological polar surface area (TPSA) is 56.5 Å². The second-order valence-corrected chi connectivity index (χ2v) is 8.24. The predicted molar refractivity (Wildman–Crippen MR) is 122 cm³/mol. The number of rotatable bonds is 5. The van der Waals surface area contributed by atoms with Gasteiger partial charge in [0.05, 0.1) is 5.39 Å². The fourth-order valence-corrected chi connectivity index (χ4v) is 3.49. The number of ether oxygens (including phenoxy) is 1. The van der Waals surface area contributed by atoms with E-state index in [-0.39, 0.29) is 29.3 Å². The number of hydrogen-bond donors (Lipinski definition) is 0. The van der Waals surface area contributed by atoms with Crippen LogP contribution in [0, 0.1) is 0 Å². The van der Waals surface area contributed by atoms with E-state index in [2.05, 4.69) is 15.9 Å². The zero-order valence-corrected chi connectivity index (χ0v) is 18.4. The van der Waals surface area contributed by atoms with Gasteiger partial charge in [-0.15, -0.1) is 0 Å². The van der Waals surface area contributed by atoms with Crippen LogP contribution in [0.5, 0.6) is 5.75 Å². The minimum atomic E-state index is -0.410. The lowest BCUT2D eigenvalue weighted by Crippen LogP contribution is -2.17. The van der Waals surface area contributed by atoms with Crippen LogP contribution >= 0.6 is 39.1 Å². The van der Waals surface area contributed by atoms with Crippen LogP contribution in [0.4, 0.5) is 0 Å². The summed E-state index contributed by atoms with van der Waals surface area (Å²) >= 11 is 15.4. The smallest absolute Gasteiger partial charge is 0.235 e. The lowest BCUT2D eigenvalue weighted by molar-refractivity contribution is 0.0920. The van der Waals surface area contributed by atoms with E-state index < -0.39 is 5.43 Å². The van der Waals surface area contributed by atoms with Gasteiger partial charge >= 0.3 is 0 Å². The molecule has 0 fully saturated rings. The van der Waals surface area contributed by atoms with E-state index in [1.165, 1.54) is 6.07 Å². The normalized spacial score (nSPS) is 10.9. The zero-order valence-electron chi connectivity index (χ0n) is 15.3. The van der Waals surface area contributed by atoms with E-state index in [9.17, 15) is 9.59 Å². The molecule has 0 bridgehead atoms. The molecule has 1 aromatic heterocycles. The van der Waals surface area contributed by atoms with Gasteiger partial charge in [0.2, 0.25) is 11.2 Å². The highest BCUT2D eigenvalue weighted by Crippen LogP contribution is 2.32. The van der Waals surface area contributed by atoms with Gasteiger partial charge < -0.3 is 9.15 Å². The van der Waals surface area contributed by atoms with Crippen molar-refractivity contribution in [3.05, 3.63) is 97.0 Å². The van der Waals surface area contributed by atoms with Crippen molar-refractivity contribution in [3.63, 3.8) is 0 Å². The zero-order chi connectivity index (χ0) is 21.3. The number of carbonyl (C=O) groups is 1. The van der Waals surface area contributed by atoms with Crippen molar-refractivity contribution in [3.8, 4) is 17.1 Å². The number of fused-ring (bicyclic) bond motifs is 1. The van der Waals surface area contributed by atoms with Crippen LogP contribution in [0.15, 0.2) is 80.4 Å². The van der Waals surface area contributed by atoms with E-state index >= 15 is 0 Å². The standard InChI is InChI=1S/C23H13BrCl2O4/c24-15-5-1-13(2-6-15)19(27)12-29-23-21(28)18-11-17(26)9-10-20(18)30-22(23)14-3-7-16(25)8-4-14/h1-11H,12H2. The van der Waals surface area contributed by atoms with Crippen LogP contribution in [0.1, 0.15) is 10.4 Å². The first-order chi connectivity index (χ1) is 14.4. The van der Waals surface area contributed by atoms with Crippen molar-refractivity contribution in [2.75, 3.05) is 6.61 Å². The molecule has 7 heteroatoms. The molecule has 0 saturated carbocycles. The van der Waals surface area contributed by atoms with Gasteiger partial charge in [-0.25, -0.2) is 0 Å². The van der Waals surface area contributed by atoms with Crippen LogP contribution in [-0.2, 0) is 0 Å². The van der Waals surface area contributed by atoms with Crippen molar-refractivity contribution < 1.29 is 13.9 Å². The summed E-state index contributed by atoms with van der Waals surface area (Å²) < 4.78 is 12.5. The molecule has 0 aliphatic rings. The Morgan fingerprint density at radius 1 is 0.933 bits per heavy atom. The molecule has 1 heterocycles. The second-order valence-electron chi connectivity index (χ2n) is 6.46. The molecule has 3 aromatic carbocycles. The highest BCUT2D eigenvalue weighted by atomic mass is 79.9. The van der Waals surface area contributed by atoms with E-state index in [0.29, 0.717) is 26.8 Å².